The summed E-state index contributed by atoms with van der Waals surface area (Å²) in [5.74, 6) is -1.75. The number of rotatable bonds is 6. The fourth-order valence-corrected chi connectivity index (χ4v) is 1.97. The fourth-order valence-electron chi connectivity index (χ4n) is 1.97. The third kappa shape index (κ3) is 3.98. The lowest BCUT2D eigenvalue weighted by molar-refractivity contribution is -0.197. The first-order valence-corrected chi connectivity index (χ1v) is 6.73. The number of carbonyl (C=O) groups is 4. The zero-order chi connectivity index (χ0) is 15.2. The zero-order valence-corrected chi connectivity index (χ0v) is 11.4. The van der Waals surface area contributed by atoms with Gasteiger partial charge in [-0.3, -0.25) is 14.4 Å². The molecule has 1 saturated heterocycles. The SMILES string of the molecule is O=C(CCCC(=O)c1ccccc1)ON1C(=O)CCC1=O. The van der Waals surface area contributed by atoms with Crippen LogP contribution in [0.3, 0.4) is 0 Å². The number of ketones is 1. The van der Waals surface area contributed by atoms with E-state index in [4.69, 9.17) is 4.84 Å². The standard InChI is InChI=1S/C15H15NO5/c17-12(11-5-2-1-3-6-11)7-4-8-15(20)21-16-13(18)9-10-14(16)19/h1-3,5-6H,4,7-10H2. The Labute approximate surface area is 121 Å². The molecule has 2 amide bonds. The maximum absolute atomic E-state index is 11.8. The number of Topliss-reactive ketones (excluding diaryl/α,β-unsaturated/α-hetero) is 1. The summed E-state index contributed by atoms with van der Waals surface area (Å²) in [7, 11) is 0. The Bertz CT molecular complexity index is 551. The van der Waals surface area contributed by atoms with E-state index in [1.54, 1.807) is 24.3 Å². The van der Waals surface area contributed by atoms with Crippen molar-refractivity contribution in [3.8, 4) is 0 Å². The molecule has 0 unspecified atom stereocenters. The molecule has 0 aromatic heterocycles. The number of hydroxylamine groups is 2. The lowest BCUT2D eigenvalue weighted by Gasteiger charge is -2.12. The van der Waals surface area contributed by atoms with Crippen LogP contribution < -0.4 is 0 Å². The molecule has 21 heavy (non-hydrogen) atoms. The second kappa shape index (κ2) is 6.78. The second-order valence-corrected chi connectivity index (χ2v) is 4.69. The van der Waals surface area contributed by atoms with Crippen LogP contribution in [0.15, 0.2) is 30.3 Å². The Morgan fingerprint density at radius 2 is 1.62 bits per heavy atom. The van der Waals surface area contributed by atoms with Gasteiger partial charge in [-0.15, -0.1) is 5.06 Å². The highest BCUT2D eigenvalue weighted by atomic mass is 16.7. The van der Waals surface area contributed by atoms with E-state index in [9.17, 15) is 19.2 Å². The molecule has 1 aliphatic heterocycles. The molecule has 110 valence electrons. The average Bonchev–Trinajstić information content (AvgIpc) is 2.80. The molecule has 6 nitrogen and oxygen atoms in total. The first-order chi connectivity index (χ1) is 10.1. The summed E-state index contributed by atoms with van der Waals surface area (Å²) in [4.78, 5) is 50.6. The highest BCUT2D eigenvalue weighted by Gasteiger charge is 2.32. The van der Waals surface area contributed by atoms with E-state index < -0.39 is 17.8 Å². The Balaban J connectivity index is 1.73. The van der Waals surface area contributed by atoms with Gasteiger partial charge in [0.15, 0.2) is 5.78 Å². The molecule has 0 spiro atoms. The normalized spacial score (nSPS) is 14.4. The summed E-state index contributed by atoms with van der Waals surface area (Å²) < 4.78 is 0. The number of nitrogens with zero attached hydrogens (tertiary/aromatic N) is 1. The van der Waals surface area contributed by atoms with Gasteiger partial charge in [0.05, 0.1) is 0 Å². The molecule has 1 aromatic rings. The summed E-state index contributed by atoms with van der Waals surface area (Å²) in [6, 6.07) is 8.78. The van der Waals surface area contributed by atoms with Crippen molar-refractivity contribution < 1.29 is 24.0 Å². The quantitative estimate of drug-likeness (QED) is 0.587. The van der Waals surface area contributed by atoms with Gasteiger partial charge in [-0.05, 0) is 6.42 Å². The predicted molar refractivity (Wildman–Crippen MR) is 71.8 cm³/mol. The van der Waals surface area contributed by atoms with Gasteiger partial charge < -0.3 is 4.84 Å². The Morgan fingerprint density at radius 1 is 1.00 bits per heavy atom. The van der Waals surface area contributed by atoms with Gasteiger partial charge in [-0.25, -0.2) is 4.79 Å². The molecule has 0 aliphatic carbocycles. The maximum Gasteiger partial charge on any atom is 0.333 e. The van der Waals surface area contributed by atoms with Crippen molar-refractivity contribution in [2.24, 2.45) is 0 Å². The Morgan fingerprint density at radius 3 is 2.24 bits per heavy atom. The minimum atomic E-state index is -0.681. The maximum atomic E-state index is 11.8. The fraction of sp³-hybridized carbons (Fsp3) is 0.333. The van der Waals surface area contributed by atoms with Crippen LogP contribution in [-0.4, -0.2) is 28.6 Å². The van der Waals surface area contributed by atoms with E-state index in [1.165, 1.54) is 0 Å². The van der Waals surface area contributed by atoms with Gasteiger partial charge in [-0.1, -0.05) is 30.3 Å². The number of hydrogen-bond donors (Lipinski definition) is 0. The van der Waals surface area contributed by atoms with Crippen LogP contribution in [0.2, 0.25) is 0 Å². The van der Waals surface area contributed by atoms with Crippen molar-refractivity contribution >= 4 is 23.6 Å². The third-order valence-electron chi connectivity index (χ3n) is 3.08. The first-order valence-electron chi connectivity index (χ1n) is 6.73. The van der Waals surface area contributed by atoms with Gasteiger partial charge in [0.25, 0.3) is 11.8 Å². The smallest absolute Gasteiger partial charge is 0.330 e. The molecule has 1 heterocycles. The van der Waals surface area contributed by atoms with E-state index in [1.807, 2.05) is 6.07 Å². The number of benzene rings is 1. The van der Waals surface area contributed by atoms with Crippen molar-refractivity contribution in [3.63, 3.8) is 0 Å². The van der Waals surface area contributed by atoms with Crippen molar-refractivity contribution in [3.05, 3.63) is 35.9 Å². The van der Waals surface area contributed by atoms with Crippen molar-refractivity contribution in [2.75, 3.05) is 0 Å². The largest absolute Gasteiger partial charge is 0.333 e. The van der Waals surface area contributed by atoms with Gasteiger partial charge in [0.1, 0.15) is 0 Å². The van der Waals surface area contributed by atoms with Gasteiger partial charge in [-0.2, -0.15) is 0 Å². The molecule has 1 aliphatic rings. The van der Waals surface area contributed by atoms with Gasteiger partial charge in [0.2, 0.25) is 0 Å². The van der Waals surface area contributed by atoms with E-state index in [0.29, 0.717) is 17.0 Å². The predicted octanol–water partition coefficient (Wildman–Crippen LogP) is 1.65. The van der Waals surface area contributed by atoms with Crippen LogP contribution in [0, 0.1) is 0 Å². The monoisotopic (exact) mass is 289 g/mol. The van der Waals surface area contributed by atoms with Gasteiger partial charge >= 0.3 is 5.97 Å². The van der Waals surface area contributed by atoms with E-state index in [0.717, 1.165) is 0 Å². The Hall–Kier alpha value is -2.50. The van der Waals surface area contributed by atoms with Crippen LogP contribution in [0.1, 0.15) is 42.5 Å². The summed E-state index contributed by atoms with van der Waals surface area (Å²) in [6.45, 7) is 0. The van der Waals surface area contributed by atoms with Crippen LogP contribution in [0.4, 0.5) is 0 Å². The van der Waals surface area contributed by atoms with Crippen molar-refractivity contribution in [2.45, 2.75) is 32.1 Å². The molecule has 6 heteroatoms. The van der Waals surface area contributed by atoms with Crippen molar-refractivity contribution in [1.82, 2.24) is 5.06 Å². The third-order valence-corrected chi connectivity index (χ3v) is 3.08. The lowest BCUT2D eigenvalue weighted by atomic mass is 10.1. The minimum absolute atomic E-state index is 0.0182. The number of amides is 2. The van der Waals surface area contributed by atoms with Crippen LogP contribution in [0.25, 0.3) is 0 Å². The molecule has 0 saturated carbocycles. The van der Waals surface area contributed by atoms with E-state index >= 15 is 0 Å². The highest BCUT2D eigenvalue weighted by Crippen LogP contribution is 2.13. The average molecular weight is 289 g/mol. The second-order valence-electron chi connectivity index (χ2n) is 4.69. The molecule has 1 fully saturated rings. The Kier molecular flexibility index (Phi) is 4.81. The van der Waals surface area contributed by atoms with Crippen LogP contribution >= 0.6 is 0 Å². The molecular weight excluding hydrogens is 274 g/mol. The summed E-state index contributed by atoms with van der Waals surface area (Å²) in [5.41, 5.74) is 0.593. The highest BCUT2D eigenvalue weighted by molar-refractivity contribution is 6.01. The van der Waals surface area contributed by atoms with E-state index in [2.05, 4.69) is 0 Å². The van der Waals surface area contributed by atoms with Crippen molar-refractivity contribution in [1.29, 1.82) is 0 Å². The zero-order valence-electron chi connectivity index (χ0n) is 11.4. The molecule has 0 bridgehead atoms. The summed E-state index contributed by atoms with van der Waals surface area (Å²) >= 11 is 0. The number of hydrogen-bond acceptors (Lipinski definition) is 5. The topological polar surface area (TPSA) is 80.8 Å². The number of imide groups is 1. The molecule has 0 atom stereocenters. The van der Waals surface area contributed by atoms with Crippen LogP contribution in [0.5, 0.6) is 0 Å². The minimum Gasteiger partial charge on any atom is -0.330 e. The lowest BCUT2D eigenvalue weighted by Crippen LogP contribution is -2.32. The summed E-state index contributed by atoms with van der Waals surface area (Å²) in [6.07, 6.45) is 0.636. The molecule has 1 aromatic carbocycles. The molecule has 2 rings (SSSR count). The number of carbonyl (C=O) groups excluding carboxylic acids is 4. The molecule has 0 N–H and O–H groups in total. The van der Waals surface area contributed by atoms with Gasteiger partial charge in [0, 0.05) is 31.2 Å². The van der Waals surface area contributed by atoms with E-state index in [-0.39, 0.29) is 31.5 Å². The first kappa shape index (κ1) is 14.9. The molecular formula is C15H15NO5. The van der Waals surface area contributed by atoms with Crippen LogP contribution in [-0.2, 0) is 19.2 Å². The molecule has 0 radical (unpaired) electrons. The summed E-state index contributed by atoms with van der Waals surface area (Å²) in [5, 5.41) is 0.515.